The first kappa shape index (κ1) is 24.2. The van der Waals surface area contributed by atoms with Crippen molar-refractivity contribution in [2.75, 3.05) is 18.1 Å². The smallest absolute Gasteiger partial charge is 0.343 e. The lowest BCUT2D eigenvalue weighted by atomic mass is 10.1. The summed E-state index contributed by atoms with van der Waals surface area (Å²) in [6, 6.07) is 19.8. The summed E-state index contributed by atoms with van der Waals surface area (Å²) in [5, 5.41) is 0.535. The van der Waals surface area contributed by atoms with E-state index >= 15 is 0 Å². The quantitative estimate of drug-likeness (QED) is 0.271. The molecule has 0 aromatic heterocycles. The van der Waals surface area contributed by atoms with Gasteiger partial charge in [0.05, 0.1) is 11.5 Å². The predicted octanol–water partition coefficient (Wildman–Crippen LogP) is 4.65. The van der Waals surface area contributed by atoms with Crippen LogP contribution >= 0.6 is 11.6 Å². The molecule has 0 bridgehead atoms. The fraction of sp³-hybridized carbons (Fsp3) is 0.185. The summed E-state index contributed by atoms with van der Waals surface area (Å²) in [4.78, 5) is 51.1. The maximum Gasteiger partial charge on any atom is 0.343 e. The van der Waals surface area contributed by atoms with Crippen molar-refractivity contribution in [2.45, 2.75) is 13.3 Å². The standard InChI is InChI=1S/C27H22ClNO6/c1-17-22(28)8-5-9-23(17)29-15-20(14-25(29)31)26(32)34-16-24(30)18-10-12-21(13-11-18)35-27(33)19-6-3-2-4-7-19/h2-13,20H,14-16H2,1H3/t20-/m0/s1. The zero-order chi connectivity index (χ0) is 24.9. The summed E-state index contributed by atoms with van der Waals surface area (Å²) >= 11 is 6.15. The summed E-state index contributed by atoms with van der Waals surface area (Å²) in [7, 11) is 0. The van der Waals surface area contributed by atoms with E-state index in [9.17, 15) is 19.2 Å². The first-order valence-corrected chi connectivity index (χ1v) is 11.3. The van der Waals surface area contributed by atoms with Crippen molar-refractivity contribution in [3.8, 4) is 5.75 Å². The number of hydrogen-bond donors (Lipinski definition) is 0. The SMILES string of the molecule is Cc1c(Cl)cccc1N1C[C@@H](C(=O)OCC(=O)c2ccc(OC(=O)c3ccccc3)cc2)CC1=O. The van der Waals surface area contributed by atoms with Gasteiger partial charge in [0.25, 0.3) is 0 Å². The Labute approximate surface area is 207 Å². The van der Waals surface area contributed by atoms with Crippen LogP contribution in [0.15, 0.2) is 72.8 Å². The fourth-order valence-corrected chi connectivity index (χ4v) is 3.94. The molecule has 0 N–H and O–H groups in total. The minimum Gasteiger partial charge on any atom is -0.457 e. The molecule has 4 rings (SSSR count). The second-order valence-corrected chi connectivity index (χ2v) is 8.51. The molecule has 1 amide bonds. The van der Waals surface area contributed by atoms with E-state index in [1.165, 1.54) is 29.2 Å². The molecule has 0 aliphatic carbocycles. The third kappa shape index (κ3) is 5.58. The first-order valence-electron chi connectivity index (χ1n) is 11.0. The van der Waals surface area contributed by atoms with Crippen LogP contribution in [0.2, 0.25) is 5.02 Å². The van der Waals surface area contributed by atoms with Gasteiger partial charge in [-0.2, -0.15) is 0 Å². The van der Waals surface area contributed by atoms with Crippen molar-refractivity contribution in [3.05, 3.63) is 94.5 Å². The molecule has 1 fully saturated rings. The average molecular weight is 492 g/mol. The Morgan fingerprint density at radius 2 is 1.66 bits per heavy atom. The number of Topliss-reactive ketones (excluding diaryl/α,β-unsaturated/α-hetero) is 1. The molecule has 0 spiro atoms. The van der Waals surface area contributed by atoms with Gasteiger partial charge in [0.2, 0.25) is 5.91 Å². The maximum atomic E-state index is 12.5. The van der Waals surface area contributed by atoms with E-state index in [0.29, 0.717) is 21.8 Å². The number of benzene rings is 3. The van der Waals surface area contributed by atoms with E-state index in [2.05, 4.69) is 0 Å². The lowest BCUT2D eigenvalue weighted by Gasteiger charge is -2.19. The number of ether oxygens (including phenoxy) is 2. The third-order valence-corrected chi connectivity index (χ3v) is 6.14. The van der Waals surface area contributed by atoms with Crippen molar-refractivity contribution < 1.29 is 28.7 Å². The fourth-order valence-electron chi connectivity index (χ4n) is 3.77. The van der Waals surface area contributed by atoms with Gasteiger partial charge in [0.15, 0.2) is 12.4 Å². The van der Waals surface area contributed by atoms with Gasteiger partial charge < -0.3 is 14.4 Å². The Hall–Kier alpha value is -3.97. The Morgan fingerprint density at radius 3 is 2.37 bits per heavy atom. The number of ketones is 1. The number of esters is 2. The number of anilines is 1. The summed E-state index contributed by atoms with van der Waals surface area (Å²) in [5.74, 6) is -2.12. The van der Waals surface area contributed by atoms with Gasteiger partial charge in [-0.15, -0.1) is 0 Å². The van der Waals surface area contributed by atoms with Gasteiger partial charge in [-0.05, 0) is 61.0 Å². The largest absolute Gasteiger partial charge is 0.457 e. The number of halogens is 1. The molecule has 1 atom stereocenters. The highest BCUT2D eigenvalue weighted by atomic mass is 35.5. The van der Waals surface area contributed by atoms with Crippen LogP contribution in [-0.4, -0.2) is 36.8 Å². The molecule has 0 saturated carbocycles. The van der Waals surface area contributed by atoms with Crippen LogP contribution < -0.4 is 9.64 Å². The zero-order valence-corrected chi connectivity index (χ0v) is 19.7. The molecule has 1 saturated heterocycles. The molecule has 1 aliphatic rings. The highest BCUT2D eigenvalue weighted by Crippen LogP contribution is 2.31. The van der Waals surface area contributed by atoms with Crippen molar-refractivity contribution in [1.29, 1.82) is 0 Å². The number of carbonyl (C=O) groups is 4. The second-order valence-electron chi connectivity index (χ2n) is 8.10. The van der Waals surface area contributed by atoms with E-state index in [1.807, 2.05) is 6.92 Å². The molecule has 3 aromatic carbocycles. The molecule has 178 valence electrons. The van der Waals surface area contributed by atoms with Crippen LogP contribution in [0.25, 0.3) is 0 Å². The molecule has 8 heteroatoms. The van der Waals surface area contributed by atoms with Crippen LogP contribution in [0.1, 0.15) is 32.7 Å². The normalized spacial score (nSPS) is 15.1. The summed E-state index contributed by atoms with van der Waals surface area (Å²) in [6.07, 6.45) is 0.000452. The summed E-state index contributed by atoms with van der Waals surface area (Å²) in [5.41, 5.74) is 2.12. The Morgan fingerprint density at radius 1 is 0.943 bits per heavy atom. The van der Waals surface area contributed by atoms with Crippen molar-refractivity contribution in [2.24, 2.45) is 5.92 Å². The molecular weight excluding hydrogens is 470 g/mol. The molecule has 0 radical (unpaired) electrons. The number of rotatable bonds is 7. The highest BCUT2D eigenvalue weighted by molar-refractivity contribution is 6.31. The van der Waals surface area contributed by atoms with Crippen LogP contribution in [0.4, 0.5) is 5.69 Å². The lowest BCUT2D eigenvalue weighted by Crippen LogP contribution is -2.27. The third-order valence-electron chi connectivity index (χ3n) is 5.73. The van der Waals surface area contributed by atoms with Gasteiger partial charge >= 0.3 is 11.9 Å². The number of nitrogens with zero attached hydrogens (tertiary/aromatic N) is 1. The number of carbonyl (C=O) groups excluding carboxylic acids is 4. The summed E-state index contributed by atoms with van der Waals surface area (Å²) < 4.78 is 10.5. The highest BCUT2D eigenvalue weighted by Gasteiger charge is 2.37. The molecular formula is C27H22ClNO6. The Kier molecular flexibility index (Phi) is 7.27. The molecule has 7 nitrogen and oxygen atoms in total. The number of hydrogen-bond acceptors (Lipinski definition) is 6. The monoisotopic (exact) mass is 491 g/mol. The van der Waals surface area contributed by atoms with Crippen LogP contribution in [0.5, 0.6) is 5.75 Å². The van der Waals surface area contributed by atoms with E-state index in [4.69, 9.17) is 21.1 Å². The average Bonchev–Trinajstić information content (AvgIpc) is 3.26. The van der Waals surface area contributed by atoms with Crippen LogP contribution in [0, 0.1) is 12.8 Å². The molecule has 1 aliphatic heterocycles. The Balaban J connectivity index is 1.30. The molecule has 0 unspecified atom stereocenters. The van der Waals surface area contributed by atoms with E-state index in [0.717, 1.165) is 5.56 Å². The van der Waals surface area contributed by atoms with E-state index in [-0.39, 0.29) is 24.6 Å². The predicted molar refractivity (Wildman–Crippen MR) is 130 cm³/mol. The van der Waals surface area contributed by atoms with Crippen molar-refractivity contribution >= 4 is 40.9 Å². The zero-order valence-electron chi connectivity index (χ0n) is 18.9. The summed E-state index contributed by atoms with van der Waals surface area (Å²) in [6.45, 7) is 1.51. The Bertz CT molecular complexity index is 1270. The van der Waals surface area contributed by atoms with Crippen LogP contribution in [0.3, 0.4) is 0 Å². The van der Waals surface area contributed by atoms with Crippen molar-refractivity contribution in [1.82, 2.24) is 0 Å². The van der Waals surface area contributed by atoms with E-state index in [1.54, 1.807) is 48.5 Å². The topological polar surface area (TPSA) is 90.0 Å². The first-order chi connectivity index (χ1) is 16.8. The van der Waals surface area contributed by atoms with Gasteiger partial charge in [-0.25, -0.2) is 4.79 Å². The van der Waals surface area contributed by atoms with Crippen LogP contribution in [-0.2, 0) is 14.3 Å². The van der Waals surface area contributed by atoms with Crippen molar-refractivity contribution in [3.63, 3.8) is 0 Å². The molecule has 3 aromatic rings. The second kappa shape index (κ2) is 10.5. The van der Waals surface area contributed by atoms with E-state index < -0.39 is 30.2 Å². The van der Waals surface area contributed by atoms with Gasteiger partial charge in [-0.1, -0.05) is 35.9 Å². The minimum absolute atomic E-state index is 0.000452. The van der Waals surface area contributed by atoms with Gasteiger partial charge in [0, 0.05) is 29.2 Å². The molecule has 35 heavy (non-hydrogen) atoms. The van der Waals surface area contributed by atoms with Gasteiger partial charge in [-0.3, -0.25) is 14.4 Å². The lowest BCUT2D eigenvalue weighted by molar-refractivity contribution is -0.147. The van der Waals surface area contributed by atoms with Gasteiger partial charge in [0.1, 0.15) is 5.75 Å². The minimum atomic E-state index is -0.673. The maximum absolute atomic E-state index is 12.5. The number of amides is 1. The molecule has 1 heterocycles.